The third-order valence-electron chi connectivity index (χ3n) is 7.53. The number of nitrogens with zero attached hydrogens (tertiary/aromatic N) is 1. The summed E-state index contributed by atoms with van der Waals surface area (Å²) in [5.41, 5.74) is 1.26. The van der Waals surface area contributed by atoms with E-state index in [1.165, 1.54) is 5.57 Å². The molecule has 2 saturated heterocycles. The summed E-state index contributed by atoms with van der Waals surface area (Å²) in [4.78, 5) is 14.7. The summed E-state index contributed by atoms with van der Waals surface area (Å²) in [5.74, 6) is 1.08. The minimum Gasteiger partial charge on any atom is -0.508 e. The summed E-state index contributed by atoms with van der Waals surface area (Å²) in [6.07, 6.45) is 6.64. The minimum atomic E-state index is -0.508. The molecular formula is C28H41NO5. The van der Waals surface area contributed by atoms with Crippen LogP contribution in [0.4, 0.5) is 4.79 Å². The van der Waals surface area contributed by atoms with Crippen molar-refractivity contribution in [3.05, 3.63) is 35.4 Å². The molecule has 0 saturated carbocycles. The lowest BCUT2D eigenvalue weighted by molar-refractivity contribution is -0.180. The van der Waals surface area contributed by atoms with Gasteiger partial charge in [0.05, 0.1) is 12.7 Å². The van der Waals surface area contributed by atoms with Gasteiger partial charge < -0.3 is 24.2 Å². The van der Waals surface area contributed by atoms with Crippen LogP contribution >= 0.6 is 0 Å². The molecular weight excluding hydrogens is 430 g/mol. The van der Waals surface area contributed by atoms with Gasteiger partial charge in [-0.1, -0.05) is 11.6 Å². The van der Waals surface area contributed by atoms with Crippen molar-refractivity contribution >= 4 is 6.09 Å². The molecule has 0 radical (unpaired) electrons. The van der Waals surface area contributed by atoms with E-state index in [-0.39, 0.29) is 29.3 Å². The predicted octanol–water partition coefficient (Wildman–Crippen LogP) is 6.38. The number of amides is 1. The van der Waals surface area contributed by atoms with Crippen LogP contribution in [0.25, 0.3) is 0 Å². The molecule has 3 aliphatic heterocycles. The summed E-state index contributed by atoms with van der Waals surface area (Å²) in [5, 5.41) is 10.1. The van der Waals surface area contributed by atoms with Gasteiger partial charge in [0.25, 0.3) is 0 Å². The van der Waals surface area contributed by atoms with E-state index in [2.05, 4.69) is 26.8 Å². The van der Waals surface area contributed by atoms with Gasteiger partial charge in [-0.15, -0.1) is 0 Å². The van der Waals surface area contributed by atoms with Gasteiger partial charge in [0.1, 0.15) is 22.7 Å². The molecule has 0 aromatic heterocycles. The Balaban J connectivity index is 1.60. The number of phenolic OH excluding ortho intramolecular Hbond substituents is 1. The van der Waals surface area contributed by atoms with Crippen molar-refractivity contribution in [2.24, 2.45) is 11.3 Å². The molecule has 6 heteroatoms. The molecule has 4 rings (SSSR count). The van der Waals surface area contributed by atoms with E-state index in [1.807, 2.05) is 31.7 Å². The molecule has 1 amide bonds. The Morgan fingerprint density at radius 2 is 2.09 bits per heavy atom. The number of hydrogen-bond donors (Lipinski definition) is 1. The second-order valence-electron chi connectivity index (χ2n) is 12.0. The Morgan fingerprint density at radius 3 is 2.79 bits per heavy atom. The molecule has 188 valence electrons. The molecule has 6 nitrogen and oxygen atoms in total. The van der Waals surface area contributed by atoms with E-state index in [4.69, 9.17) is 14.2 Å². The van der Waals surface area contributed by atoms with Gasteiger partial charge in [-0.3, -0.25) is 0 Å². The first-order valence-corrected chi connectivity index (χ1v) is 12.6. The molecule has 3 heterocycles. The number of carbonyl (C=O) groups excluding carboxylic acids is 1. The number of allylic oxidation sites excluding steroid dienone is 2. The first-order chi connectivity index (χ1) is 15.9. The second kappa shape index (κ2) is 9.10. The Morgan fingerprint density at radius 1 is 1.32 bits per heavy atom. The van der Waals surface area contributed by atoms with Gasteiger partial charge in [-0.05, 0) is 85.8 Å². The number of rotatable bonds is 3. The van der Waals surface area contributed by atoms with Crippen LogP contribution in [0.15, 0.2) is 29.8 Å². The zero-order valence-corrected chi connectivity index (χ0v) is 21.6. The third-order valence-corrected chi connectivity index (χ3v) is 7.53. The van der Waals surface area contributed by atoms with Crippen molar-refractivity contribution in [3.8, 4) is 11.5 Å². The second-order valence-corrected chi connectivity index (χ2v) is 12.0. The highest BCUT2D eigenvalue weighted by Crippen LogP contribution is 2.56. The lowest BCUT2D eigenvalue weighted by Crippen LogP contribution is -2.57. The first kappa shape index (κ1) is 24.9. The maximum atomic E-state index is 12.9. The summed E-state index contributed by atoms with van der Waals surface area (Å²) in [7, 11) is 0. The standard InChI is InChI=1S/C28H41NO5/c1-19(2)9-7-12-27(6)22-16-28(13-8-14-29(17-28)25(31)34-26(3,4)5)18-32-24(22)21-11-10-20(30)15-23(21)33-27/h9-11,15,22,24,30H,7-8,12-14,16-18H2,1-6H3/t22-,24+,27-,28-/m0/s1. The van der Waals surface area contributed by atoms with Crippen molar-refractivity contribution in [2.45, 2.75) is 91.0 Å². The monoisotopic (exact) mass is 471 g/mol. The van der Waals surface area contributed by atoms with Crippen LogP contribution in [0, 0.1) is 11.3 Å². The van der Waals surface area contributed by atoms with Crippen molar-refractivity contribution in [1.82, 2.24) is 4.90 Å². The van der Waals surface area contributed by atoms with Crippen LogP contribution in [-0.2, 0) is 9.47 Å². The van der Waals surface area contributed by atoms with E-state index in [1.54, 1.807) is 12.1 Å². The number of ether oxygens (including phenoxy) is 3. The summed E-state index contributed by atoms with van der Waals surface area (Å²) in [6.45, 7) is 14.1. The van der Waals surface area contributed by atoms with Gasteiger partial charge >= 0.3 is 6.09 Å². The van der Waals surface area contributed by atoms with Gasteiger partial charge in [0.15, 0.2) is 0 Å². The maximum absolute atomic E-state index is 12.9. The smallest absolute Gasteiger partial charge is 0.410 e. The fourth-order valence-corrected chi connectivity index (χ4v) is 5.89. The van der Waals surface area contributed by atoms with Crippen LogP contribution < -0.4 is 4.74 Å². The van der Waals surface area contributed by atoms with Gasteiger partial charge in [-0.25, -0.2) is 4.79 Å². The van der Waals surface area contributed by atoms with E-state index in [0.29, 0.717) is 13.2 Å². The SMILES string of the molecule is CC(C)=CCC[C@]1(C)Oc2cc(O)ccc2[C@H]2OC[C@@]3(CCCN(C(=O)OC(C)(C)C)C3)C[C@@H]21. The highest BCUT2D eigenvalue weighted by atomic mass is 16.6. The highest BCUT2D eigenvalue weighted by molar-refractivity contribution is 5.68. The Labute approximate surface area is 204 Å². The minimum absolute atomic E-state index is 0.0800. The molecule has 4 atom stereocenters. The third kappa shape index (κ3) is 5.22. The molecule has 1 aromatic rings. The average molecular weight is 472 g/mol. The van der Waals surface area contributed by atoms with Crippen LogP contribution in [0.1, 0.15) is 85.3 Å². The number of phenols is 1. The lowest BCUT2D eigenvalue weighted by Gasteiger charge is -2.55. The number of likely N-dealkylation sites (tertiary alicyclic amines) is 1. The average Bonchev–Trinajstić information content (AvgIpc) is 2.72. The van der Waals surface area contributed by atoms with Gasteiger partial charge in [0, 0.05) is 36.1 Å². The van der Waals surface area contributed by atoms with Gasteiger partial charge in [0.2, 0.25) is 0 Å². The van der Waals surface area contributed by atoms with E-state index in [0.717, 1.165) is 50.0 Å². The number of piperidine rings is 1. The quantitative estimate of drug-likeness (QED) is 0.518. The van der Waals surface area contributed by atoms with Crippen LogP contribution in [-0.4, -0.2) is 47.0 Å². The van der Waals surface area contributed by atoms with Crippen LogP contribution in [0.5, 0.6) is 11.5 Å². The first-order valence-electron chi connectivity index (χ1n) is 12.6. The number of aromatic hydroxyl groups is 1. The molecule has 0 aliphatic carbocycles. The van der Waals surface area contributed by atoms with Crippen molar-refractivity contribution in [1.29, 1.82) is 0 Å². The van der Waals surface area contributed by atoms with Crippen molar-refractivity contribution < 1.29 is 24.1 Å². The molecule has 1 spiro atoms. The van der Waals surface area contributed by atoms with E-state index in [9.17, 15) is 9.90 Å². The summed E-state index contributed by atoms with van der Waals surface area (Å²) < 4.78 is 19.0. The van der Waals surface area contributed by atoms with E-state index >= 15 is 0 Å². The molecule has 1 aromatic carbocycles. The molecule has 0 unspecified atom stereocenters. The molecule has 1 N–H and O–H groups in total. The molecule has 34 heavy (non-hydrogen) atoms. The van der Waals surface area contributed by atoms with E-state index < -0.39 is 11.2 Å². The summed E-state index contributed by atoms with van der Waals surface area (Å²) >= 11 is 0. The van der Waals surface area contributed by atoms with Gasteiger partial charge in [-0.2, -0.15) is 0 Å². The lowest BCUT2D eigenvalue weighted by atomic mass is 9.64. The zero-order chi connectivity index (χ0) is 24.7. The zero-order valence-electron chi connectivity index (χ0n) is 21.6. The Bertz CT molecular complexity index is 947. The Kier molecular flexibility index (Phi) is 6.67. The number of carbonyl (C=O) groups is 1. The normalized spacial score (nSPS) is 30.7. The Hall–Kier alpha value is -2.21. The number of hydrogen-bond acceptors (Lipinski definition) is 5. The van der Waals surface area contributed by atoms with Crippen molar-refractivity contribution in [3.63, 3.8) is 0 Å². The topological polar surface area (TPSA) is 68.2 Å². The largest absolute Gasteiger partial charge is 0.508 e. The maximum Gasteiger partial charge on any atom is 0.410 e. The van der Waals surface area contributed by atoms with Crippen LogP contribution in [0.3, 0.4) is 0 Å². The number of fused-ring (bicyclic) bond motifs is 3. The number of benzene rings is 1. The predicted molar refractivity (Wildman–Crippen MR) is 132 cm³/mol. The molecule has 3 aliphatic rings. The fourth-order valence-electron chi connectivity index (χ4n) is 5.89. The summed E-state index contributed by atoms with van der Waals surface area (Å²) in [6, 6.07) is 5.36. The highest BCUT2D eigenvalue weighted by Gasteiger charge is 2.55. The molecule has 2 fully saturated rings. The fraction of sp³-hybridized carbons (Fsp3) is 0.679. The van der Waals surface area contributed by atoms with Crippen LogP contribution in [0.2, 0.25) is 0 Å². The molecule has 0 bridgehead atoms. The van der Waals surface area contributed by atoms with Crippen molar-refractivity contribution in [2.75, 3.05) is 19.7 Å².